The Morgan fingerprint density at radius 1 is 1.15 bits per heavy atom. The molecule has 2 aromatic heterocycles. The van der Waals surface area contributed by atoms with Gasteiger partial charge in [-0.25, -0.2) is 9.78 Å². The van der Waals surface area contributed by atoms with Gasteiger partial charge in [0, 0.05) is 28.0 Å². The van der Waals surface area contributed by atoms with E-state index in [0.717, 1.165) is 43.4 Å². The lowest BCUT2D eigenvalue weighted by atomic mass is 10.0. The molecule has 2 atom stereocenters. The summed E-state index contributed by atoms with van der Waals surface area (Å²) in [7, 11) is 0. The molecule has 170 valence electrons. The van der Waals surface area contributed by atoms with E-state index >= 15 is 0 Å². The van der Waals surface area contributed by atoms with Crippen LogP contribution in [0.3, 0.4) is 0 Å². The molecular formula is C25H20BrN5O3. The van der Waals surface area contributed by atoms with Crippen molar-refractivity contribution in [1.82, 2.24) is 20.3 Å². The minimum atomic E-state index is -1.20. The molecule has 9 heteroatoms. The molecule has 2 amide bonds. The monoisotopic (exact) mass is 517 g/mol. The molecule has 2 aliphatic rings. The van der Waals surface area contributed by atoms with Gasteiger partial charge in [-0.1, -0.05) is 40.2 Å². The lowest BCUT2D eigenvalue weighted by molar-refractivity contribution is -0.120. The van der Waals surface area contributed by atoms with E-state index in [-0.39, 0.29) is 11.9 Å². The highest BCUT2D eigenvalue weighted by Gasteiger charge is 2.42. The zero-order chi connectivity index (χ0) is 23.4. The maximum absolute atomic E-state index is 13.5. The third-order valence-corrected chi connectivity index (χ3v) is 7.07. The lowest BCUT2D eigenvalue weighted by Crippen LogP contribution is -2.48. The van der Waals surface area contributed by atoms with E-state index in [2.05, 4.69) is 42.3 Å². The molecule has 3 N–H and O–H groups in total. The molecule has 0 radical (unpaired) electrons. The molecule has 4 aromatic rings. The molecule has 0 saturated heterocycles. The highest BCUT2D eigenvalue weighted by Crippen LogP contribution is 2.44. The molecule has 0 bridgehead atoms. The Morgan fingerprint density at radius 3 is 2.85 bits per heavy atom. The third kappa shape index (κ3) is 3.43. The predicted molar refractivity (Wildman–Crippen MR) is 131 cm³/mol. The van der Waals surface area contributed by atoms with Crippen LogP contribution in [0, 0.1) is 0 Å². The fraction of sp³-hybridized carbons (Fsp3) is 0.200. The molecule has 0 spiro atoms. The number of nitrogens with one attached hydrogen (secondary N) is 2. The first-order chi connectivity index (χ1) is 16.5. The Labute approximate surface area is 203 Å². The number of fused-ring (bicyclic) bond motifs is 1. The quantitative estimate of drug-likeness (QED) is 0.367. The van der Waals surface area contributed by atoms with E-state index in [1.54, 1.807) is 17.3 Å². The van der Waals surface area contributed by atoms with Crippen LogP contribution in [0.15, 0.2) is 59.3 Å². The Bertz CT molecular complexity index is 1470. The Kier molecular flexibility index (Phi) is 4.88. The molecule has 2 aliphatic heterocycles. The van der Waals surface area contributed by atoms with Crippen molar-refractivity contribution in [3.8, 4) is 11.3 Å². The summed E-state index contributed by atoms with van der Waals surface area (Å²) in [6.45, 7) is 0. The standard InChI is InChI=1S/C25H20BrN5O3/c26-17-6-4-14-8-16(11-27-19(14)10-17)20-12-28-23(29-20)21-9-15-3-1-2-13-5-7-18(30-25(33)34)24(32)31(21)22(13)15/h1-4,6,8,10-12,18,21,30H,5,7,9H2,(H,28,29)(H,33,34)/t18-,21-/m0/s1. The summed E-state index contributed by atoms with van der Waals surface area (Å²) < 4.78 is 0.974. The van der Waals surface area contributed by atoms with E-state index in [0.29, 0.717) is 25.1 Å². The summed E-state index contributed by atoms with van der Waals surface area (Å²) in [4.78, 5) is 39.1. The van der Waals surface area contributed by atoms with Gasteiger partial charge in [-0.15, -0.1) is 0 Å². The number of carboxylic acid groups (broad SMARTS) is 1. The summed E-state index contributed by atoms with van der Waals surface area (Å²) >= 11 is 3.47. The van der Waals surface area contributed by atoms with Gasteiger partial charge in [0.2, 0.25) is 5.91 Å². The molecule has 0 fully saturated rings. The number of halogens is 1. The minimum Gasteiger partial charge on any atom is -0.465 e. The first kappa shape index (κ1) is 20.9. The van der Waals surface area contributed by atoms with E-state index in [4.69, 9.17) is 0 Å². The number of carbonyl (C=O) groups is 2. The maximum atomic E-state index is 13.5. The van der Waals surface area contributed by atoms with Crippen LogP contribution < -0.4 is 10.2 Å². The third-order valence-electron chi connectivity index (χ3n) is 6.57. The zero-order valence-corrected chi connectivity index (χ0v) is 19.5. The first-order valence-corrected chi connectivity index (χ1v) is 11.8. The van der Waals surface area contributed by atoms with E-state index in [1.165, 1.54) is 0 Å². The van der Waals surface area contributed by atoms with Crippen molar-refractivity contribution in [2.24, 2.45) is 0 Å². The van der Waals surface area contributed by atoms with Crippen molar-refractivity contribution in [3.63, 3.8) is 0 Å². The summed E-state index contributed by atoms with van der Waals surface area (Å²) in [5.74, 6) is 0.421. The number of rotatable bonds is 3. The predicted octanol–water partition coefficient (Wildman–Crippen LogP) is 4.60. The average Bonchev–Trinajstić information content (AvgIpc) is 3.43. The number of benzene rings is 2. The molecule has 6 rings (SSSR count). The van der Waals surface area contributed by atoms with Crippen LogP contribution in [0.2, 0.25) is 0 Å². The van der Waals surface area contributed by atoms with E-state index in [1.807, 2.05) is 36.4 Å². The molecule has 0 unspecified atom stereocenters. The van der Waals surface area contributed by atoms with Crippen LogP contribution in [-0.2, 0) is 17.6 Å². The molecule has 0 saturated carbocycles. The van der Waals surface area contributed by atoms with Crippen molar-refractivity contribution in [1.29, 1.82) is 0 Å². The van der Waals surface area contributed by atoms with Gasteiger partial charge < -0.3 is 15.4 Å². The second kappa shape index (κ2) is 7.95. The van der Waals surface area contributed by atoms with Gasteiger partial charge in [-0.2, -0.15) is 0 Å². The maximum Gasteiger partial charge on any atom is 0.405 e. The van der Waals surface area contributed by atoms with Gasteiger partial charge in [0.05, 0.1) is 29.1 Å². The van der Waals surface area contributed by atoms with E-state index < -0.39 is 12.1 Å². The smallest absolute Gasteiger partial charge is 0.405 e. The number of hydrogen-bond donors (Lipinski definition) is 3. The van der Waals surface area contributed by atoms with Gasteiger partial charge in [-0.05, 0) is 42.2 Å². The van der Waals surface area contributed by atoms with Gasteiger partial charge in [-0.3, -0.25) is 14.7 Å². The fourth-order valence-electron chi connectivity index (χ4n) is 5.03. The van der Waals surface area contributed by atoms with E-state index in [9.17, 15) is 14.7 Å². The number of carbonyl (C=O) groups excluding carboxylic acids is 1. The Hall–Kier alpha value is -3.72. The number of aromatic amines is 1. The molecule has 2 aromatic carbocycles. The van der Waals surface area contributed by atoms with Crippen LogP contribution in [0.5, 0.6) is 0 Å². The topological polar surface area (TPSA) is 111 Å². The van der Waals surface area contributed by atoms with Crippen LogP contribution in [0.1, 0.15) is 29.4 Å². The first-order valence-electron chi connectivity index (χ1n) is 11.0. The largest absolute Gasteiger partial charge is 0.465 e. The highest BCUT2D eigenvalue weighted by molar-refractivity contribution is 9.10. The van der Waals surface area contributed by atoms with Crippen LogP contribution in [-0.4, -0.2) is 38.1 Å². The van der Waals surface area contributed by atoms with Crippen molar-refractivity contribution < 1.29 is 14.7 Å². The number of hydrogen-bond acceptors (Lipinski definition) is 4. The molecule has 0 aliphatic carbocycles. The van der Waals surface area contributed by atoms with Gasteiger partial charge in [0.15, 0.2) is 0 Å². The summed E-state index contributed by atoms with van der Waals surface area (Å²) in [5.41, 5.74) is 5.62. The molecule has 8 nitrogen and oxygen atoms in total. The van der Waals surface area contributed by atoms with Crippen molar-refractivity contribution in [2.45, 2.75) is 31.3 Å². The Balaban J connectivity index is 1.38. The van der Waals surface area contributed by atoms with Crippen LogP contribution >= 0.6 is 15.9 Å². The fourth-order valence-corrected chi connectivity index (χ4v) is 5.38. The number of pyridine rings is 1. The highest BCUT2D eigenvalue weighted by atomic mass is 79.9. The number of aromatic nitrogens is 3. The number of nitrogens with zero attached hydrogens (tertiary/aromatic N) is 3. The average molecular weight is 518 g/mol. The van der Waals surface area contributed by atoms with Gasteiger partial charge in [0.25, 0.3) is 0 Å². The van der Waals surface area contributed by atoms with Gasteiger partial charge >= 0.3 is 6.09 Å². The zero-order valence-electron chi connectivity index (χ0n) is 18.0. The number of aryl methyl sites for hydroxylation is 1. The van der Waals surface area contributed by atoms with Gasteiger partial charge in [0.1, 0.15) is 11.9 Å². The number of H-pyrrole nitrogens is 1. The second-order valence-corrected chi connectivity index (χ2v) is 9.55. The number of amides is 2. The van der Waals surface area contributed by atoms with Crippen LogP contribution in [0.25, 0.3) is 22.2 Å². The molecular weight excluding hydrogens is 498 g/mol. The summed E-state index contributed by atoms with van der Waals surface area (Å²) in [5, 5.41) is 12.7. The number of para-hydroxylation sites is 1. The number of anilines is 1. The number of imidazole rings is 1. The van der Waals surface area contributed by atoms with Crippen molar-refractivity contribution >= 4 is 44.5 Å². The van der Waals surface area contributed by atoms with Crippen molar-refractivity contribution in [3.05, 3.63) is 76.3 Å². The summed E-state index contributed by atoms with van der Waals surface area (Å²) in [6, 6.07) is 12.9. The lowest BCUT2D eigenvalue weighted by Gasteiger charge is -2.27. The van der Waals surface area contributed by atoms with Crippen molar-refractivity contribution in [2.75, 3.05) is 4.90 Å². The molecule has 34 heavy (non-hydrogen) atoms. The van der Waals surface area contributed by atoms with Crippen LogP contribution in [0.4, 0.5) is 10.5 Å². The SMILES string of the molecule is O=C(O)N[C@H]1CCc2cccc3c2N(C1=O)[C@H](c1ncc(-c2cnc4cc(Br)ccc4c2)[nH]1)C3. The molecule has 4 heterocycles. The second-order valence-electron chi connectivity index (χ2n) is 8.64. The normalized spacial score (nSPS) is 19.2. The summed E-state index contributed by atoms with van der Waals surface area (Å²) in [6.07, 6.45) is 4.04. The minimum absolute atomic E-state index is 0.244. The Morgan fingerprint density at radius 2 is 2.00 bits per heavy atom.